The predicted octanol–water partition coefficient (Wildman–Crippen LogP) is 3.80. The normalized spacial score (nSPS) is 21.6. The Bertz CT molecular complexity index is 774. The Morgan fingerprint density at radius 3 is 2.78 bits per heavy atom. The molecule has 0 bridgehead atoms. The van der Waals surface area contributed by atoms with Crippen LogP contribution in [0.5, 0.6) is 0 Å². The zero-order chi connectivity index (χ0) is 18.7. The molecule has 1 atom stereocenters. The molecule has 0 spiro atoms. The number of nitrogens with zero attached hydrogens (tertiary/aromatic N) is 2. The third-order valence-corrected chi connectivity index (χ3v) is 6.12. The van der Waals surface area contributed by atoms with E-state index in [9.17, 15) is 4.79 Å². The van der Waals surface area contributed by atoms with Crippen LogP contribution < -0.4 is 5.32 Å². The van der Waals surface area contributed by atoms with Gasteiger partial charge in [-0.25, -0.2) is 0 Å². The van der Waals surface area contributed by atoms with E-state index in [1.54, 1.807) is 0 Å². The summed E-state index contributed by atoms with van der Waals surface area (Å²) in [4.78, 5) is 19.5. The Kier molecular flexibility index (Phi) is 5.46. The lowest BCUT2D eigenvalue weighted by atomic mass is 9.93. The molecule has 4 nitrogen and oxygen atoms in total. The number of rotatable bonds is 6. The van der Waals surface area contributed by atoms with Gasteiger partial charge in [-0.05, 0) is 67.5 Å². The number of nitrogens with one attached hydrogen (secondary N) is 1. The highest BCUT2D eigenvalue weighted by Gasteiger charge is 2.51. The third kappa shape index (κ3) is 4.33. The molecule has 0 radical (unpaired) electrons. The topological polar surface area (TPSA) is 45.2 Å². The first-order valence-electron chi connectivity index (χ1n) is 9.81. The maximum Gasteiger partial charge on any atom is 0.230 e. The fraction of sp³-hybridized carbons (Fsp3) is 0.455. The molecule has 1 saturated heterocycles. The molecule has 1 aliphatic heterocycles. The second kappa shape index (κ2) is 7.99. The molecule has 4 rings (SSSR count). The van der Waals surface area contributed by atoms with Crippen LogP contribution in [0.3, 0.4) is 0 Å². The molecule has 2 fully saturated rings. The van der Waals surface area contributed by atoms with Crippen molar-refractivity contribution < 1.29 is 4.79 Å². The molecular formula is C22H26ClN3O. The van der Waals surface area contributed by atoms with Crippen molar-refractivity contribution in [2.45, 2.75) is 37.6 Å². The minimum absolute atomic E-state index is 0.175. The summed E-state index contributed by atoms with van der Waals surface area (Å²) in [6.07, 6.45) is 7.97. The molecule has 1 amide bonds. The number of benzene rings is 1. The van der Waals surface area contributed by atoms with Gasteiger partial charge in [0.25, 0.3) is 0 Å². The molecule has 5 heteroatoms. The van der Waals surface area contributed by atoms with E-state index in [2.05, 4.69) is 21.3 Å². The number of carbonyl (C=O) groups is 1. The van der Waals surface area contributed by atoms with Crippen molar-refractivity contribution in [2.75, 3.05) is 19.6 Å². The number of amides is 1. The van der Waals surface area contributed by atoms with Crippen LogP contribution in [0.15, 0.2) is 48.8 Å². The average Bonchev–Trinajstić information content (AvgIpc) is 3.50. The number of hydrogen-bond acceptors (Lipinski definition) is 3. The van der Waals surface area contributed by atoms with Crippen LogP contribution >= 0.6 is 11.6 Å². The van der Waals surface area contributed by atoms with Gasteiger partial charge >= 0.3 is 0 Å². The molecule has 1 unspecified atom stereocenters. The molecule has 142 valence electrons. The minimum atomic E-state index is -0.325. The van der Waals surface area contributed by atoms with Gasteiger partial charge in [0.1, 0.15) is 0 Å². The molecule has 2 aromatic rings. The van der Waals surface area contributed by atoms with Crippen LogP contribution in [0.1, 0.15) is 36.8 Å². The molecule has 27 heavy (non-hydrogen) atoms. The summed E-state index contributed by atoms with van der Waals surface area (Å²) in [5.41, 5.74) is 2.02. The second-order valence-electron chi connectivity index (χ2n) is 7.90. The van der Waals surface area contributed by atoms with Crippen LogP contribution in [-0.2, 0) is 16.8 Å². The maximum atomic E-state index is 12.9. The second-order valence-corrected chi connectivity index (χ2v) is 8.34. The Hall–Kier alpha value is -1.91. The highest BCUT2D eigenvalue weighted by atomic mass is 35.5. The largest absolute Gasteiger partial charge is 0.355 e. The highest BCUT2D eigenvalue weighted by Crippen LogP contribution is 2.48. The predicted molar refractivity (Wildman–Crippen MR) is 108 cm³/mol. The average molecular weight is 384 g/mol. The number of pyridine rings is 1. The Balaban J connectivity index is 1.30. The zero-order valence-corrected chi connectivity index (χ0v) is 16.3. The molecular weight excluding hydrogens is 358 g/mol. The zero-order valence-electron chi connectivity index (χ0n) is 15.5. The fourth-order valence-electron chi connectivity index (χ4n) is 4.16. The van der Waals surface area contributed by atoms with Gasteiger partial charge in [-0.2, -0.15) is 0 Å². The summed E-state index contributed by atoms with van der Waals surface area (Å²) in [7, 11) is 0. The molecule has 1 saturated carbocycles. The number of carbonyl (C=O) groups excluding carboxylic acids is 1. The van der Waals surface area contributed by atoms with Crippen molar-refractivity contribution in [3.63, 3.8) is 0 Å². The highest BCUT2D eigenvalue weighted by molar-refractivity contribution is 6.30. The van der Waals surface area contributed by atoms with Crippen molar-refractivity contribution in [2.24, 2.45) is 5.92 Å². The number of piperidine rings is 1. The van der Waals surface area contributed by atoms with Crippen molar-refractivity contribution >= 4 is 17.5 Å². The van der Waals surface area contributed by atoms with E-state index in [1.807, 2.05) is 42.7 Å². The minimum Gasteiger partial charge on any atom is -0.355 e. The van der Waals surface area contributed by atoms with E-state index in [0.29, 0.717) is 10.9 Å². The van der Waals surface area contributed by atoms with Crippen molar-refractivity contribution in [1.82, 2.24) is 15.2 Å². The lowest BCUT2D eigenvalue weighted by molar-refractivity contribution is -0.123. The quantitative estimate of drug-likeness (QED) is 0.825. The van der Waals surface area contributed by atoms with E-state index in [0.717, 1.165) is 44.6 Å². The fourth-order valence-corrected chi connectivity index (χ4v) is 4.28. The van der Waals surface area contributed by atoms with Crippen molar-refractivity contribution in [3.05, 3.63) is 64.9 Å². The van der Waals surface area contributed by atoms with Gasteiger partial charge in [-0.1, -0.05) is 29.8 Å². The van der Waals surface area contributed by atoms with Gasteiger partial charge in [-0.3, -0.25) is 14.7 Å². The van der Waals surface area contributed by atoms with Gasteiger partial charge in [0, 0.05) is 37.1 Å². The number of hydrogen-bond donors (Lipinski definition) is 1. The van der Waals surface area contributed by atoms with Crippen LogP contribution in [0, 0.1) is 5.92 Å². The first-order valence-corrected chi connectivity index (χ1v) is 10.2. The van der Waals surface area contributed by atoms with E-state index >= 15 is 0 Å². The molecule has 1 aromatic heterocycles. The molecule has 1 aromatic carbocycles. The van der Waals surface area contributed by atoms with Crippen LogP contribution in [0.4, 0.5) is 0 Å². The summed E-state index contributed by atoms with van der Waals surface area (Å²) in [6.45, 7) is 3.85. The summed E-state index contributed by atoms with van der Waals surface area (Å²) < 4.78 is 0. The Morgan fingerprint density at radius 1 is 1.26 bits per heavy atom. The smallest absolute Gasteiger partial charge is 0.230 e. The monoisotopic (exact) mass is 383 g/mol. The number of halogens is 1. The summed E-state index contributed by atoms with van der Waals surface area (Å²) in [5, 5.41) is 3.96. The van der Waals surface area contributed by atoms with Gasteiger partial charge in [0.15, 0.2) is 0 Å². The first kappa shape index (κ1) is 18.5. The van der Waals surface area contributed by atoms with Gasteiger partial charge < -0.3 is 5.32 Å². The molecule has 2 aliphatic rings. The Labute approximate surface area is 165 Å². The number of likely N-dealkylation sites (tertiary alicyclic amines) is 1. The van der Waals surface area contributed by atoms with Crippen molar-refractivity contribution in [3.8, 4) is 0 Å². The lowest BCUT2D eigenvalue weighted by Gasteiger charge is -2.33. The van der Waals surface area contributed by atoms with Crippen LogP contribution in [0.25, 0.3) is 0 Å². The van der Waals surface area contributed by atoms with E-state index in [4.69, 9.17) is 11.6 Å². The number of aromatic nitrogens is 1. The maximum absolute atomic E-state index is 12.9. The van der Waals surface area contributed by atoms with Crippen LogP contribution in [0.2, 0.25) is 5.02 Å². The summed E-state index contributed by atoms with van der Waals surface area (Å²) in [5.74, 6) is 0.689. The first-order chi connectivity index (χ1) is 13.2. The van der Waals surface area contributed by atoms with E-state index in [1.165, 1.54) is 18.4 Å². The van der Waals surface area contributed by atoms with Crippen LogP contribution in [-0.4, -0.2) is 35.4 Å². The Morgan fingerprint density at radius 2 is 2.07 bits per heavy atom. The van der Waals surface area contributed by atoms with Gasteiger partial charge in [0.2, 0.25) is 5.91 Å². The van der Waals surface area contributed by atoms with E-state index < -0.39 is 0 Å². The third-order valence-electron chi connectivity index (χ3n) is 5.86. The van der Waals surface area contributed by atoms with Crippen molar-refractivity contribution in [1.29, 1.82) is 0 Å². The molecule has 2 heterocycles. The SMILES string of the molecule is O=C(NCC1CCCN(Cc2cccnc2)C1)C1(c2ccc(Cl)cc2)CC1. The summed E-state index contributed by atoms with van der Waals surface area (Å²) >= 11 is 5.99. The standard InChI is InChI=1S/C22H26ClN3O/c23-20-7-5-19(6-8-20)22(9-10-22)21(27)25-14-18-4-2-12-26(16-18)15-17-3-1-11-24-13-17/h1,3,5-8,11,13,18H,2,4,9-10,12,14-16H2,(H,25,27). The molecule has 1 aliphatic carbocycles. The van der Waals surface area contributed by atoms with Gasteiger partial charge in [0.05, 0.1) is 5.41 Å². The molecule has 1 N–H and O–H groups in total. The lowest BCUT2D eigenvalue weighted by Crippen LogP contribution is -2.43. The van der Waals surface area contributed by atoms with E-state index in [-0.39, 0.29) is 11.3 Å². The van der Waals surface area contributed by atoms with Gasteiger partial charge in [-0.15, -0.1) is 0 Å². The summed E-state index contributed by atoms with van der Waals surface area (Å²) in [6, 6.07) is 11.9.